The number of rotatable bonds is 7. The summed E-state index contributed by atoms with van der Waals surface area (Å²) in [4.78, 5) is 37.7. The lowest BCUT2D eigenvalue weighted by atomic mass is 9.82. The van der Waals surface area contributed by atoms with Crippen molar-refractivity contribution in [3.63, 3.8) is 0 Å². The Morgan fingerprint density at radius 1 is 1.32 bits per heavy atom. The Labute approximate surface area is 152 Å². The number of para-hydroxylation sites is 1. The van der Waals surface area contributed by atoms with Gasteiger partial charge >= 0.3 is 5.97 Å². The second-order valence-electron chi connectivity index (χ2n) is 6.37. The average Bonchev–Trinajstić information content (AvgIpc) is 2.98. The third-order valence-corrected chi connectivity index (χ3v) is 5.37. The van der Waals surface area contributed by atoms with Gasteiger partial charge in [-0.3, -0.25) is 14.4 Å². The molecule has 1 aliphatic rings. The molecule has 1 aliphatic heterocycles. The molecular weight excluding hydrogens is 344 g/mol. The maximum Gasteiger partial charge on any atom is 0.311 e. The molecule has 1 heterocycles. The summed E-state index contributed by atoms with van der Waals surface area (Å²) in [5.41, 5.74) is -0.382. The number of amides is 2. The molecule has 1 aromatic rings. The smallest absolute Gasteiger partial charge is 0.311 e. The molecule has 1 fully saturated rings. The van der Waals surface area contributed by atoms with Crippen molar-refractivity contribution in [1.82, 2.24) is 5.32 Å². The molecule has 7 heteroatoms. The van der Waals surface area contributed by atoms with E-state index in [0.717, 1.165) is 0 Å². The molecule has 2 N–H and O–H groups in total. The van der Waals surface area contributed by atoms with Gasteiger partial charge in [0.2, 0.25) is 11.8 Å². The number of carboxylic acid groups (broad SMARTS) is 1. The number of carbonyl (C=O) groups excluding carboxylic acids is 2. The standard InChI is InChI=1S/C18H23ClN2O4/c1-3-18(4-2,17(24)25)11-20-16(23)12-9-15(22)21(10-12)14-8-6-5-7-13(14)19/h5-8,12H,3-4,9-11H2,1-2H3,(H,20,23)(H,24,25). The van der Waals surface area contributed by atoms with E-state index in [4.69, 9.17) is 11.6 Å². The highest BCUT2D eigenvalue weighted by Gasteiger charge is 2.39. The quantitative estimate of drug-likeness (QED) is 0.776. The maximum absolute atomic E-state index is 12.4. The van der Waals surface area contributed by atoms with Crippen LogP contribution in [0.2, 0.25) is 5.02 Å². The summed E-state index contributed by atoms with van der Waals surface area (Å²) < 4.78 is 0. The van der Waals surface area contributed by atoms with Crippen LogP contribution in [0.15, 0.2) is 24.3 Å². The van der Waals surface area contributed by atoms with Gasteiger partial charge in [-0.25, -0.2) is 0 Å². The molecule has 0 saturated carbocycles. The molecule has 1 aromatic carbocycles. The zero-order chi connectivity index (χ0) is 18.6. The Balaban J connectivity index is 2.03. The van der Waals surface area contributed by atoms with Gasteiger partial charge in [0, 0.05) is 19.5 Å². The molecule has 2 rings (SSSR count). The highest BCUT2D eigenvalue weighted by atomic mass is 35.5. The Hall–Kier alpha value is -2.08. The van der Waals surface area contributed by atoms with Gasteiger partial charge in [-0.2, -0.15) is 0 Å². The van der Waals surface area contributed by atoms with Crippen LogP contribution in [0.3, 0.4) is 0 Å². The lowest BCUT2D eigenvalue weighted by Crippen LogP contribution is -2.44. The van der Waals surface area contributed by atoms with Crippen LogP contribution in [0.4, 0.5) is 5.69 Å². The molecule has 2 amide bonds. The van der Waals surface area contributed by atoms with Gasteiger partial charge in [0.25, 0.3) is 0 Å². The number of hydrogen-bond acceptors (Lipinski definition) is 3. The predicted octanol–water partition coefficient (Wildman–Crippen LogP) is 2.70. The number of aliphatic carboxylic acids is 1. The normalized spacial score (nSPS) is 17.6. The van der Waals surface area contributed by atoms with Crippen LogP contribution in [0.1, 0.15) is 33.1 Å². The number of nitrogens with zero attached hydrogens (tertiary/aromatic N) is 1. The van der Waals surface area contributed by atoms with Gasteiger partial charge in [0.05, 0.1) is 22.0 Å². The summed E-state index contributed by atoms with van der Waals surface area (Å²) in [6.07, 6.45) is 0.943. The van der Waals surface area contributed by atoms with E-state index < -0.39 is 17.3 Å². The van der Waals surface area contributed by atoms with Gasteiger partial charge in [0.1, 0.15) is 0 Å². The first kappa shape index (κ1) is 19.2. The molecular formula is C18H23ClN2O4. The van der Waals surface area contributed by atoms with E-state index >= 15 is 0 Å². The number of carboxylic acids is 1. The van der Waals surface area contributed by atoms with Crippen LogP contribution in [-0.2, 0) is 14.4 Å². The minimum absolute atomic E-state index is 0.0605. The molecule has 0 radical (unpaired) electrons. The molecule has 1 unspecified atom stereocenters. The van der Waals surface area contributed by atoms with E-state index in [1.165, 1.54) is 4.90 Å². The second-order valence-corrected chi connectivity index (χ2v) is 6.77. The van der Waals surface area contributed by atoms with Crippen LogP contribution >= 0.6 is 11.6 Å². The third kappa shape index (κ3) is 3.95. The summed E-state index contributed by atoms with van der Waals surface area (Å²) in [6, 6.07) is 6.99. The van der Waals surface area contributed by atoms with Crippen molar-refractivity contribution < 1.29 is 19.5 Å². The molecule has 0 spiro atoms. The van der Waals surface area contributed by atoms with E-state index in [1.54, 1.807) is 38.1 Å². The summed E-state index contributed by atoms with van der Waals surface area (Å²) >= 11 is 6.13. The second kappa shape index (κ2) is 7.87. The molecule has 25 heavy (non-hydrogen) atoms. The third-order valence-electron chi connectivity index (χ3n) is 5.05. The highest BCUT2D eigenvalue weighted by Crippen LogP contribution is 2.31. The van der Waals surface area contributed by atoms with Crippen LogP contribution in [0.25, 0.3) is 0 Å². The van der Waals surface area contributed by atoms with Crippen molar-refractivity contribution in [3.05, 3.63) is 29.3 Å². The van der Waals surface area contributed by atoms with Crippen molar-refractivity contribution >= 4 is 35.1 Å². The van der Waals surface area contributed by atoms with Crippen molar-refractivity contribution in [2.24, 2.45) is 11.3 Å². The molecule has 0 aliphatic carbocycles. The van der Waals surface area contributed by atoms with E-state index in [9.17, 15) is 19.5 Å². The SMILES string of the molecule is CCC(CC)(CNC(=O)C1CC(=O)N(c2ccccc2Cl)C1)C(=O)O. The lowest BCUT2D eigenvalue weighted by Gasteiger charge is -2.27. The fraction of sp³-hybridized carbons (Fsp3) is 0.500. The molecule has 0 aromatic heterocycles. The number of nitrogens with one attached hydrogen (secondary N) is 1. The van der Waals surface area contributed by atoms with Crippen molar-refractivity contribution in [3.8, 4) is 0 Å². The van der Waals surface area contributed by atoms with E-state index in [1.807, 2.05) is 0 Å². The minimum Gasteiger partial charge on any atom is -0.481 e. The number of halogens is 1. The Kier molecular flexibility index (Phi) is 6.06. The van der Waals surface area contributed by atoms with E-state index in [0.29, 0.717) is 23.6 Å². The van der Waals surface area contributed by atoms with Crippen molar-refractivity contribution in [1.29, 1.82) is 0 Å². The monoisotopic (exact) mass is 366 g/mol. The predicted molar refractivity (Wildman–Crippen MR) is 95.6 cm³/mol. The van der Waals surface area contributed by atoms with E-state index in [2.05, 4.69) is 5.32 Å². The van der Waals surface area contributed by atoms with Crippen LogP contribution in [-0.4, -0.2) is 36.0 Å². The molecule has 6 nitrogen and oxygen atoms in total. The van der Waals surface area contributed by atoms with Crippen LogP contribution in [0.5, 0.6) is 0 Å². The van der Waals surface area contributed by atoms with Crippen molar-refractivity contribution in [2.75, 3.05) is 18.0 Å². The summed E-state index contributed by atoms with van der Waals surface area (Å²) in [5.74, 6) is -1.89. The first-order valence-corrected chi connectivity index (χ1v) is 8.78. The molecule has 1 atom stereocenters. The highest BCUT2D eigenvalue weighted by molar-refractivity contribution is 6.33. The summed E-state index contributed by atoms with van der Waals surface area (Å²) in [7, 11) is 0. The van der Waals surface area contributed by atoms with Gasteiger partial charge in [-0.1, -0.05) is 37.6 Å². The number of carbonyl (C=O) groups is 3. The number of anilines is 1. The molecule has 1 saturated heterocycles. The lowest BCUT2D eigenvalue weighted by molar-refractivity contribution is -0.149. The maximum atomic E-state index is 12.4. The van der Waals surface area contributed by atoms with Crippen molar-refractivity contribution in [2.45, 2.75) is 33.1 Å². The number of benzene rings is 1. The minimum atomic E-state index is -0.972. The van der Waals surface area contributed by atoms with Gasteiger partial charge in [-0.15, -0.1) is 0 Å². The first-order chi connectivity index (χ1) is 11.8. The fourth-order valence-electron chi connectivity index (χ4n) is 3.07. The Bertz CT molecular complexity index is 673. The summed E-state index contributed by atoms with van der Waals surface area (Å²) in [6.45, 7) is 3.89. The Morgan fingerprint density at radius 3 is 2.52 bits per heavy atom. The topological polar surface area (TPSA) is 86.7 Å². The van der Waals surface area contributed by atoms with E-state index in [-0.39, 0.29) is 31.3 Å². The molecule has 0 bridgehead atoms. The van der Waals surface area contributed by atoms with Gasteiger partial charge < -0.3 is 15.3 Å². The zero-order valence-electron chi connectivity index (χ0n) is 14.4. The zero-order valence-corrected chi connectivity index (χ0v) is 15.2. The van der Waals surface area contributed by atoms with Gasteiger partial charge in [0.15, 0.2) is 0 Å². The van der Waals surface area contributed by atoms with Crippen LogP contribution in [0, 0.1) is 11.3 Å². The fourth-order valence-corrected chi connectivity index (χ4v) is 3.30. The summed E-state index contributed by atoms with van der Waals surface area (Å²) in [5, 5.41) is 12.6. The largest absolute Gasteiger partial charge is 0.481 e. The first-order valence-electron chi connectivity index (χ1n) is 8.40. The van der Waals surface area contributed by atoms with Crippen LogP contribution < -0.4 is 10.2 Å². The molecule has 136 valence electrons. The average molecular weight is 367 g/mol. The Morgan fingerprint density at radius 2 is 1.96 bits per heavy atom. The number of hydrogen-bond donors (Lipinski definition) is 2. The van der Waals surface area contributed by atoms with Gasteiger partial charge in [-0.05, 0) is 25.0 Å².